The molecule has 3 heterocycles. The highest BCUT2D eigenvalue weighted by Gasteiger charge is 2.14. The second kappa shape index (κ2) is 7.26. The van der Waals surface area contributed by atoms with Crippen LogP contribution in [0.2, 0.25) is 5.02 Å². The van der Waals surface area contributed by atoms with Crippen LogP contribution in [0.1, 0.15) is 5.76 Å². The van der Waals surface area contributed by atoms with Gasteiger partial charge in [-0.15, -0.1) is 5.10 Å². The molecule has 0 atom stereocenters. The van der Waals surface area contributed by atoms with Crippen molar-refractivity contribution in [2.75, 3.05) is 0 Å². The lowest BCUT2D eigenvalue weighted by Gasteiger charge is -1.97. The number of aromatic nitrogens is 3. The van der Waals surface area contributed by atoms with Gasteiger partial charge in [0.05, 0.1) is 0 Å². The molecule has 0 amide bonds. The van der Waals surface area contributed by atoms with Crippen molar-refractivity contribution < 1.29 is 4.42 Å². The zero-order valence-corrected chi connectivity index (χ0v) is 17.8. The van der Waals surface area contributed by atoms with Gasteiger partial charge in [0.2, 0.25) is 4.96 Å². The summed E-state index contributed by atoms with van der Waals surface area (Å²) in [5.74, 6) is 1.77. The second-order valence-corrected chi connectivity index (χ2v) is 8.54. The van der Waals surface area contributed by atoms with Crippen LogP contribution < -0.4 is 10.1 Å². The Morgan fingerprint density at radius 2 is 1.97 bits per heavy atom. The SMILES string of the molecule is O=c1/c(=C/c2ccc(-c3cccc(Cl)c3)o2)sc2nc(-c3ccccc3Br)nn12. The number of halogens is 2. The van der Waals surface area contributed by atoms with E-state index in [1.807, 2.05) is 54.6 Å². The maximum atomic E-state index is 12.8. The monoisotopic (exact) mass is 483 g/mol. The largest absolute Gasteiger partial charge is 0.457 e. The number of hydrogen-bond donors (Lipinski definition) is 0. The molecule has 0 aliphatic rings. The van der Waals surface area contributed by atoms with Crippen molar-refractivity contribution in [2.24, 2.45) is 0 Å². The van der Waals surface area contributed by atoms with Gasteiger partial charge >= 0.3 is 0 Å². The molecule has 0 saturated carbocycles. The van der Waals surface area contributed by atoms with Gasteiger partial charge in [0.25, 0.3) is 5.56 Å². The molecule has 0 spiro atoms. The zero-order valence-electron chi connectivity index (χ0n) is 14.7. The fourth-order valence-electron chi connectivity index (χ4n) is 2.95. The third-order valence-electron chi connectivity index (χ3n) is 4.31. The Hall–Kier alpha value is -2.74. The van der Waals surface area contributed by atoms with Crippen molar-refractivity contribution in [1.29, 1.82) is 0 Å². The first-order valence-corrected chi connectivity index (χ1v) is 10.6. The summed E-state index contributed by atoms with van der Waals surface area (Å²) in [5, 5.41) is 5.01. The number of rotatable bonds is 3. The molecule has 5 rings (SSSR count). The molecule has 0 saturated heterocycles. The molecule has 0 bridgehead atoms. The van der Waals surface area contributed by atoms with Crippen LogP contribution in [0.3, 0.4) is 0 Å². The van der Waals surface area contributed by atoms with E-state index in [-0.39, 0.29) is 5.56 Å². The summed E-state index contributed by atoms with van der Waals surface area (Å²) < 4.78 is 8.57. The van der Waals surface area contributed by atoms with E-state index in [1.165, 1.54) is 15.9 Å². The van der Waals surface area contributed by atoms with Crippen LogP contribution in [0.15, 0.2) is 74.3 Å². The Labute approximate surface area is 182 Å². The molecule has 142 valence electrons. The summed E-state index contributed by atoms with van der Waals surface area (Å²) in [6, 6.07) is 18.7. The Kier molecular flexibility index (Phi) is 4.58. The predicted molar refractivity (Wildman–Crippen MR) is 118 cm³/mol. The smallest absolute Gasteiger partial charge is 0.291 e. The van der Waals surface area contributed by atoms with E-state index in [4.69, 9.17) is 16.0 Å². The van der Waals surface area contributed by atoms with Crippen molar-refractivity contribution >= 4 is 49.9 Å². The number of nitrogens with zero attached hydrogens (tertiary/aromatic N) is 3. The number of benzene rings is 2. The molecule has 29 heavy (non-hydrogen) atoms. The van der Waals surface area contributed by atoms with Crippen LogP contribution >= 0.6 is 38.9 Å². The van der Waals surface area contributed by atoms with Gasteiger partial charge in [0.1, 0.15) is 16.1 Å². The van der Waals surface area contributed by atoms with Crippen molar-refractivity contribution in [3.8, 4) is 22.7 Å². The quantitative estimate of drug-likeness (QED) is 0.360. The van der Waals surface area contributed by atoms with Crippen molar-refractivity contribution in [3.05, 3.63) is 90.8 Å². The number of furan rings is 1. The van der Waals surface area contributed by atoms with Gasteiger partial charge in [0, 0.05) is 26.7 Å². The van der Waals surface area contributed by atoms with Crippen molar-refractivity contribution in [1.82, 2.24) is 14.6 Å². The van der Waals surface area contributed by atoms with Crippen LogP contribution in [0.5, 0.6) is 0 Å². The number of thiazole rings is 1. The summed E-state index contributed by atoms with van der Waals surface area (Å²) in [7, 11) is 0. The first-order valence-electron chi connectivity index (χ1n) is 8.60. The molecule has 0 aliphatic heterocycles. The Morgan fingerprint density at radius 3 is 2.76 bits per heavy atom. The molecule has 2 aromatic carbocycles. The van der Waals surface area contributed by atoms with Crippen LogP contribution in [0, 0.1) is 0 Å². The highest BCUT2D eigenvalue weighted by Crippen LogP contribution is 2.26. The van der Waals surface area contributed by atoms with Crippen LogP contribution in [0.25, 0.3) is 33.7 Å². The molecular weight excluding hydrogens is 474 g/mol. The predicted octanol–water partition coefficient (Wildman–Crippen LogP) is 5.04. The molecular formula is C21H11BrClN3O2S. The lowest BCUT2D eigenvalue weighted by molar-refractivity contribution is 0.571. The fourth-order valence-corrected chi connectivity index (χ4v) is 4.49. The summed E-state index contributed by atoms with van der Waals surface area (Å²) >= 11 is 10.8. The summed E-state index contributed by atoms with van der Waals surface area (Å²) in [6.07, 6.45) is 1.70. The second-order valence-electron chi connectivity index (χ2n) is 6.24. The van der Waals surface area contributed by atoms with Gasteiger partial charge in [-0.3, -0.25) is 4.79 Å². The third-order valence-corrected chi connectivity index (χ3v) is 6.19. The van der Waals surface area contributed by atoms with E-state index < -0.39 is 0 Å². The zero-order chi connectivity index (χ0) is 20.0. The average molecular weight is 485 g/mol. The standard InChI is InChI=1S/C21H11BrClN3O2S/c22-16-7-2-1-6-15(16)19-24-21-26(25-19)20(27)18(29-21)11-14-8-9-17(28-14)12-4-3-5-13(23)10-12/h1-11H/b18-11-. The third kappa shape index (κ3) is 3.42. The van der Waals surface area contributed by atoms with E-state index in [2.05, 4.69) is 26.0 Å². The first kappa shape index (κ1) is 18.3. The maximum absolute atomic E-state index is 12.8. The normalized spacial score (nSPS) is 12.1. The highest BCUT2D eigenvalue weighted by atomic mass is 79.9. The Bertz CT molecular complexity index is 1470. The average Bonchev–Trinajstić information content (AvgIpc) is 3.40. The fraction of sp³-hybridized carbons (Fsp3) is 0. The lowest BCUT2D eigenvalue weighted by atomic mass is 10.2. The lowest BCUT2D eigenvalue weighted by Crippen LogP contribution is -2.23. The molecule has 0 radical (unpaired) electrons. The van der Waals surface area contributed by atoms with Gasteiger partial charge in [-0.1, -0.05) is 63.1 Å². The van der Waals surface area contributed by atoms with Crippen LogP contribution in [-0.4, -0.2) is 14.6 Å². The minimum absolute atomic E-state index is 0.225. The molecule has 0 aliphatic carbocycles. The van der Waals surface area contributed by atoms with Crippen LogP contribution in [0.4, 0.5) is 0 Å². The maximum Gasteiger partial charge on any atom is 0.291 e. The molecule has 8 heteroatoms. The minimum Gasteiger partial charge on any atom is -0.457 e. The topological polar surface area (TPSA) is 60.4 Å². The highest BCUT2D eigenvalue weighted by molar-refractivity contribution is 9.10. The van der Waals surface area contributed by atoms with E-state index in [9.17, 15) is 4.79 Å². The van der Waals surface area contributed by atoms with E-state index in [0.717, 1.165) is 15.6 Å². The van der Waals surface area contributed by atoms with Gasteiger partial charge in [-0.2, -0.15) is 9.50 Å². The Balaban J connectivity index is 1.54. The van der Waals surface area contributed by atoms with Gasteiger partial charge in [-0.05, 0) is 36.4 Å². The molecule has 5 nitrogen and oxygen atoms in total. The molecule has 5 aromatic rings. The minimum atomic E-state index is -0.225. The first-order chi connectivity index (χ1) is 14.1. The van der Waals surface area contributed by atoms with Crippen molar-refractivity contribution in [3.63, 3.8) is 0 Å². The molecule has 0 N–H and O–H groups in total. The molecule has 0 unspecified atom stereocenters. The Morgan fingerprint density at radius 1 is 1.10 bits per heavy atom. The summed E-state index contributed by atoms with van der Waals surface area (Å²) in [4.78, 5) is 17.8. The molecule has 3 aromatic heterocycles. The van der Waals surface area contributed by atoms with Crippen molar-refractivity contribution in [2.45, 2.75) is 0 Å². The molecule has 0 fully saturated rings. The van der Waals surface area contributed by atoms with E-state index in [1.54, 1.807) is 12.1 Å². The van der Waals surface area contributed by atoms with Gasteiger partial charge in [0.15, 0.2) is 5.82 Å². The van der Waals surface area contributed by atoms with Gasteiger partial charge in [-0.25, -0.2) is 0 Å². The number of hydrogen-bond acceptors (Lipinski definition) is 5. The van der Waals surface area contributed by atoms with E-state index in [0.29, 0.717) is 31.9 Å². The van der Waals surface area contributed by atoms with E-state index >= 15 is 0 Å². The van der Waals surface area contributed by atoms with Crippen LogP contribution in [-0.2, 0) is 0 Å². The number of fused-ring (bicyclic) bond motifs is 1. The van der Waals surface area contributed by atoms with Gasteiger partial charge < -0.3 is 4.42 Å². The summed E-state index contributed by atoms with van der Waals surface area (Å²) in [5.41, 5.74) is 1.49. The summed E-state index contributed by atoms with van der Waals surface area (Å²) in [6.45, 7) is 0.